The van der Waals surface area contributed by atoms with E-state index >= 15 is 0 Å². The van der Waals surface area contributed by atoms with Gasteiger partial charge in [0.05, 0.1) is 12.6 Å². The van der Waals surface area contributed by atoms with Crippen molar-refractivity contribution >= 4 is 6.03 Å². The first-order valence-electron chi connectivity index (χ1n) is 4.89. The number of aliphatic hydroxyl groups excluding tert-OH is 1. The molecule has 0 aliphatic heterocycles. The summed E-state index contributed by atoms with van der Waals surface area (Å²) in [6, 6.07) is 9.22. The minimum Gasteiger partial charge on any atom is -0.394 e. The molecule has 1 atom stereocenters. The molecule has 1 rings (SSSR count). The summed E-state index contributed by atoms with van der Waals surface area (Å²) in [5.41, 5.74) is 1.09. The quantitative estimate of drug-likeness (QED) is 0.675. The first kappa shape index (κ1) is 11.5. The number of urea groups is 1. The molecule has 4 nitrogen and oxygen atoms in total. The molecule has 0 radical (unpaired) electrons. The Morgan fingerprint density at radius 1 is 1.40 bits per heavy atom. The van der Waals surface area contributed by atoms with Crippen LogP contribution in [0.4, 0.5) is 4.79 Å². The predicted molar refractivity (Wildman–Crippen MR) is 58.6 cm³/mol. The van der Waals surface area contributed by atoms with Crippen LogP contribution in [0.25, 0.3) is 0 Å². The molecule has 0 fully saturated rings. The van der Waals surface area contributed by atoms with E-state index < -0.39 is 0 Å². The van der Waals surface area contributed by atoms with Crippen molar-refractivity contribution in [2.24, 2.45) is 0 Å². The average Bonchev–Trinajstić information content (AvgIpc) is 2.29. The summed E-state index contributed by atoms with van der Waals surface area (Å²) in [6.45, 7) is -0.0671. The van der Waals surface area contributed by atoms with Crippen molar-refractivity contribution in [3.63, 3.8) is 0 Å². The number of rotatable bonds is 4. The van der Waals surface area contributed by atoms with Gasteiger partial charge in [-0.25, -0.2) is 4.79 Å². The van der Waals surface area contributed by atoms with Crippen molar-refractivity contribution in [2.45, 2.75) is 12.5 Å². The van der Waals surface area contributed by atoms with Crippen LogP contribution in [-0.4, -0.2) is 30.8 Å². The summed E-state index contributed by atoms with van der Waals surface area (Å²) < 4.78 is 0. The van der Waals surface area contributed by atoms with Crippen LogP contribution < -0.4 is 10.6 Å². The van der Waals surface area contributed by atoms with Gasteiger partial charge in [0, 0.05) is 7.05 Å². The third-order valence-electron chi connectivity index (χ3n) is 2.11. The number of benzene rings is 1. The van der Waals surface area contributed by atoms with E-state index in [1.807, 2.05) is 30.3 Å². The van der Waals surface area contributed by atoms with Gasteiger partial charge in [-0.15, -0.1) is 0 Å². The van der Waals surface area contributed by atoms with Gasteiger partial charge in [0.15, 0.2) is 0 Å². The number of amides is 2. The van der Waals surface area contributed by atoms with Crippen LogP contribution in [0.1, 0.15) is 5.56 Å². The molecule has 1 aromatic rings. The Labute approximate surface area is 89.3 Å². The Hall–Kier alpha value is -1.55. The number of carbonyl (C=O) groups is 1. The zero-order valence-electron chi connectivity index (χ0n) is 8.73. The number of aliphatic hydroxyl groups is 1. The predicted octanol–water partition coefficient (Wildman–Crippen LogP) is 0.519. The fourth-order valence-corrected chi connectivity index (χ4v) is 1.32. The molecule has 4 heteroatoms. The molecule has 1 aromatic carbocycles. The minimum atomic E-state index is -0.273. The van der Waals surface area contributed by atoms with Crippen molar-refractivity contribution in [1.29, 1.82) is 0 Å². The lowest BCUT2D eigenvalue weighted by Gasteiger charge is -2.15. The number of hydrogen-bond donors (Lipinski definition) is 3. The number of nitrogens with one attached hydrogen (secondary N) is 2. The zero-order chi connectivity index (χ0) is 11.1. The van der Waals surface area contributed by atoms with Crippen LogP contribution >= 0.6 is 0 Å². The molecule has 0 aromatic heterocycles. The summed E-state index contributed by atoms with van der Waals surface area (Å²) in [6.07, 6.45) is 0.630. The van der Waals surface area contributed by atoms with E-state index in [2.05, 4.69) is 10.6 Å². The molecule has 0 spiro atoms. The monoisotopic (exact) mass is 208 g/mol. The molecule has 0 saturated heterocycles. The molecular weight excluding hydrogens is 192 g/mol. The number of hydrogen-bond acceptors (Lipinski definition) is 2. The molecule has 0 saturated carbocycles. The van der Waals surface area contributed by atoms with Crippen LogP contribution in [0.15, 0.2) is 30.3 Å². The summed E-state index contributed by atoms with van der Waals surface area (Å²) in [5, 5.41) is 14.2. The normalized spacial score (nSPS) is 11.9. The van der Waals surface area contributed by atoms with E-state index in [4.69, 9.17) is 5.11 Å². The van der Waals surface area contributed by atoms with E-state index in [9.17, 15) is 4.79 Å². The van der Waals surface area contributed by atoms with Gasteiger partial charge in [0.1, 0.15) is 0 Å². The lowest BCUT2D eigenvalue weighted by atomic mass is 10.1. The smallest absolute Gasteiger partial charge is 0.314 e. The second-order valence-electron chi connectivity index (χ2n) is 3.29. The highest BCUT2D eigenvalue weighted by Crippen LogP contribution is 2.02. The summed E-state index contributed by atoms with van der Waals surface area (Å²) in [7, 11) is 1.55. The molecule has 0 heterocycles. The van der Waals surface area contributed by atoms with Gasteiger partial charge in [-0.05, 0) is 12.0 Å². The molecular formula is C11H16N2O2. The van der Waals surface area contributed by atoms with Gasteiger partial charge >= 0.3 is 6.03 Å². The van der Waals surface area contributed by atoms with Gasteiger partial charge in [-0.1, -0.05) is 30.3 Å². The second kappa shape index (κ2) is 6.03. The molecule has 82 valence electrons. The fraction of sp³-hybridized carbons (Fsp3) is 0.364. The lowest BCUT2D eigenvalue weighted by Crippen LogP contribution is -2.43. The van der Waals surface area contributed by atoms with Gasteiger partial charge in [0.25, 0.3) is 0 Å². The topological polar surface area (TPSA) is 61.4 Å². The van der Waals surface area contributed by atoms with Crippen LogP contribution in [0, 0.1) is 0 Å². The highest BCUT2D eigenvalue weighted by Gasteiger charge is 2.10. The summed E-state index contributed by atoms with van der Waals surface area (Å²) >= 11 is 0. The highest BCUT2D eigenvalue weighted by atomic mass is 16.3. The molecule has 2 amide bonds. The van der Waals surface area contributed by atoms with E-state index in [1.165, 1.54) is 0 Å². The Kier molecular flexibility index (Phi) is 4.63. The molecule has 15 heavy (non-hydrogen) atoms. The largest absolute Gasteiger partial charge is 0.394 e. The standard InChI is InChI=1S/C11H16N2O2/c1-12-11(15)13-10(8-14)7-9-5-3-2-4-6-9/h2-6,10,14H,7-8H2,1H3,(H2,12,13,15)/t10-/m0/s1. The zero-order valence-corrected chi connectivity index (χ0v) is 8.73. The van der Waals surface area contributed by atoms with E-state index in [-0.39, 0.29) is 18.7 Å². The van der Waals surface area contributed by atoms with Crippen LogP contribution in [0.5, 0.6) is 0 Å². The van der Waals surface area contributed by atoms with Crippen molar-refractivity contribution in [3.8, 4) is 0 Å². The van der Waals surface area contributed by atoms with Gasteiger partial charge in [-0.2, -0.15) is 0 Å². The van der Waals surface area contributed by atoms with Gasteiger partial charge in [0.2, 0.25) is 0 Å². The minimum absolute atomic E-state index is 0.0671. The molecule has 0 unspecified atom stereocenters. The molecule has 0 bridgehead atoms. The van der Waals surface area contributed by atoms with Gasteiger partial charge < -0.3 is 15.7 Å². The fourth-order valence-electron chi connectivity index (χ4n) is 1.32. The Morgan fingerprint density at radius 3 is 2.60 bits per heavy atom. The Morgan fingerprint density at radius 2 is 2.07 bits per heavy atom. The SMILES string of the molecule is CNC(=O)N[C@H](CO)Cc1ccccc1. The third-order valence-corrected chi connectivity index (χ3v) is 2.11. The second-order valence-corrected chi connectivity index (χ2v) is 3.29. The first-order chi connectivity index (χ1) is 7.26. The Balaban J connectivity index is 2.50. The maximum atomic E-state index is 11.0. The van der Waals surface area contributed by atoms with Crippen molar-refractivity contribution in [2.75, 3.05) is 13.7 Å². The Bertz CT molecular complexity index is 301. The van der Waals surface area contributed by atoms with Gasteiger partial charge in [-0.3, -0.25) is 0 Å². The highest BCUT2D eigenvalue weighted by molar-refractivity contribution is 5.73. The molecule has 3 N–H and O–H groups in total. The third kappa shape index (κ3) is 3.99. The maximum Gasteiger partial charge on any atom is 0.314 e. The number of carbonyl (C=O) groups excluding carboxylic acids is 1. The molecule has 0 aliphatic rings. The molecule has 0 aliphatic carbocycles. The van der Waals surface area contributed by atoms with E-state index in [1.54, 1.807) is 7.05 Å². The van der Waals surface area contributed by atoms with Crippen molar-refractivity contribution in [1.82, 2.24) is 10.6 Å². The van der Waals surface area contributed by atoms with Crippen molar-refractivity contribution < 1.29 is 9.90 Å². The summed E-state index contributed by atoms with van der Waals surface area (Å²) in [4.78, 5) is 11.0. The van der Waals surface area contributed by atoms with Crippen LogP contribution in [0.3, 0.4) is 0 Å². The van der Waals surface area contributed by atoms with E-state index in [0.29, 0.717) is 6.42 Å². The average molecular weight is 208 g/mol. The van der Waals surface area contributed by atoms with Crippen molar-refractivity contribution in [3.05, 3.63) is 35.9 Å². The lowest BCUT2D eigenvalue weighted by molar-refractivity contribution is 0.217. The van der Waals surface area contributed by atoms with Crippen LogP contribution in [-0.2, 0) is 6.42 Å². The van der Waals surface area contributed by atoms with E-state index in [0.717, 1.165) is 5.56 Å². The van der Waals surface area contributed by atoms with Crippen LogP contribution in [0.2, 0.25) is 0 Å². The maximum absolute atomic E-state index is 11.0. The first-order valence-corrected chi connectivity index (χ1v) is 4.89. The summed E-state index contributed by atoms with van der Waals surface area (Å²) in [5.74, 6) is 0.